The number of nitrogens with two attached hydrogens (primary N) is 1. The topological polar surface area (TPSA) is 70.8 Å². The highest BCUT2D eigenvalue weighted by Crippen LogP contribution is 2.36. The summed E-state index contributed by atoms with van der Waals surface area (Å²) in [6, 6.07) is 14.2. The summed E-state index contributed by atoms with van der Waals surface area (Å²) < 4.78 is 16.5. The van der Waals surface area contributed by atoms with E-state index >= 15 is 0 Å². The molecule has 2 aromatic carbocycles. The van der Waals surface area contributed by atoms with Crippen LogP contribution in [0.15, 0.2) is 61.1 Å². The molecule has 1 unspecified atom stereocenters. The Hall–Kier alpha value is -2.95. The average Bonchev–Trinajstić information content (AvgIpc) is 2.55. The molecule has 1 heterocycles. The normalized spacial score (nSPS) is 15.0. The lowest BCUT2D eigenvalue weighted by Gasteiger charge is -2.28. The molecular formula is C17H15NO4. The van der Waals surface area contributed by atoms with Crippen LogP contribution in [0, 0.1) is 0 Å². The number of fused-ring (bicyclic) bond motifs is 1. The van der Waals surface area contributed by atoms with Crippen LogP contribution in [0.25, 0.3) is 0 Å². The van der Waals surface area contributed by atoms with Gasteiger partial charge in [-0.1, -0.05) is 24.3 Å². The largest absolute Gasteiger partial charge is 0.473 e. The van der Waals surface area contributed by atoms with E-state index in [1.807, 2.05) is 18.2 Å². The number of hydrogen-bond acceptors (Lipinski definition) is 4. The van der Waals surface area contributed by atoms with Crippen LogP contribution >= 0.6 is 0 Å². The molecule has 5 nitrogen and oxygen atoms in total. The number of carbonyl (C=O) groups is 1. The summed E-state index contributed by atoms with van der Waals surface area (Å²) >= 11 is 0. The lowest BCUT2D eigenvalue weighted by Crippen LogP contribution is -2.43. The van der Waals surface area contributed by atoms with Gasteiger partial charge in [0.2, 0.25) is 5.60 Å². The lowest BCUT2D eigenvalue weighted by molar-refractivity contribution is -0.132. The van der Waals surface area contributed by atoms with E-state index in [0.29, 0.717) is 22.8 Å². The van der Waals surface area contributed by atoms with Crippen LogP contribution in [0.2, 0.25) is 0 Å². The van der Waals surface area contributed by atoms with Gasteiger partial charge in [-0.25, -0.2) is 0 Å². The minimum Gasteiger partial charge on any atom is -0.473 e. The van der Waals surface area contributed by atoms with Crippen molar-refractivity contribution in [3.63, 3.8) is 0 Å². The summed E-state index contributed by atoms with van der Waals surface area (Å²) in [6.45, 7) is 1.63. The number of primary amides is 1. The van der Waals surface area contributed by atoms with E-state index < -0.39 is 11.5 Å². The Kier molecular flexibility index (Phi) is 3.47. The Bertz CT molecular complexity index is 727. The first-order valence-electron chi connectivity index (χ1n) is 6.76. The van der Waals surface area contributed by atoms with E-state index in [-0.39, 0.29) is 0 Å². The molecule has 1 aliphatic rings. The number of carbonyl (C=O) groups excluding carboxylic acids is 1. The molecule has 3 rings (SSSR count). The number of para-hydroxylation sites is 1. The van der Waals surface area contributed by atoms with Crippen molar-refractivity contribution in [1.29, 1.82) is 0 Å². The highest BCUT2D eigenvalue weighted by Gasteiger charge is 2.36. The van der Waals surface area contributed by atoms with Crippen molar-refractivity contribution in [2.75, 3.05) is 0 Å². The van der Waals surface area contributed by atoms with Crippen LogP contribution in [0.1, 0.15) is 12.5 Å². The fraction of sp³-hybridized carbons (Fsp3) is 0.118. The Morgan fingerprint density at radius 3 is 2.41 bits per heavy atom. The van der Waals surface area contributed by atoms with Gasteiger partial charge < -0.3 is 19.9 Å². The molecule has 2 N–H and O–H groups in total. The van der Waals surface area contributed by atoms with Gasteiger partial charge in [0, 0.05) is 5.56 Å². The smallest absolute Gasteiger partial charge is 0.266 e. The summed E-state index contributed by atoms with van der Waals surface area (Å²) in [6.07, 6.45) is 2.86. The molecule has 22 heavy (non-hydrogen) atoms. The maximum Gasteiger partial charge on any atom is 0.266 e. The summed E-state index contributed by atoms with van der Waals surface area (Å²) in [5.74, 6) is 1.03. The molecule has 0 radical (unpaired) electrons. The van der Waals surface area contributed by atoms with Crippen molar-refractivity contribution in [2.45, 2.75) is 12.5 Å². The standard InChI is InChI=1S/C17H15NO4/c1-17(16(18)19,22-13-5-3-2-4-6-13)12-7-8-14-15(11-12)21-10-9-20-14/h2-11H,1H3,(H2,18,19). The van der Waals surface area contributed by atoms with Crippen molar-refractivity contribution in [1.82, 2.24) is 0 Å². The first-order valence-corrected chi connectivity index (χ1v) is 6.76. The van der Waals surface area contributed by atoms with Crippen molar-refractivity contribution in [3.8, 4) is 17.2 Å². The molecule has 0 saturated heterocycles. The Balaban J connectivity index is 1.99. The van der Waals surface area contributed by atoms with Gasteiger partial charge in [0.1, 0.15) is 18.3 Å². The second-order valence-corrected chi connectivity index (χ2v) is 4.98. The molecule has 0 aliphatic carbocycles. The Morgan fingerprint density at radius 1 is 1.05 bits per heavy atom. The minimum atomic E-state index is -1.32. The molecule has 0 bridgehead atoms. The number of benzene rings is 2. The third-order valence-corrected chi connectivity index (χ3v) is 3.48. The van der Waals surface area contributed by atoms with Gasteiger partial charge in [0.15, 0.2) is 11.5 Å². The van der Waals surface area contributed by atoms with Gasteiger partial charge in [0.25, 0.3) is 5.91 Å². The maximum atomic E-state index is 12.0. The summed E-state index contributed by atoms with van der Waals surface area (Å²) in [7, 11) is 0. The molecular weight excluding hydrogens is 282 g/mol. The van der Waals surface area contributed by atoms with E-state index in [9.17, 15) is 4.79 Å². The molecule has 0 spiro atoms. The van der Waals surface area contributed by atoms with Crippen LogP contribution in [-0.4, -0.2) is 5.91 Å². The van der Waals surface area contributed by atoms with Gasteiger partial charge >= 0.3 is 0 Å². The highest BCUT2D eigenvalue weighted by atomic mass is 16.5. The third-order valence-electron chi connectivity index (χ3n) is 3.48. The van der Waals surface area contributed by atoms with E-state index in [1.165, 1.54) is 12.5 Å². The van der Waals surface area contributed by atoms with Gasteiger partial charge in [-0.3, -0.25) is 4.79 Å². The van der Waals surface area contributed by atoms with E-state index in [4.69, 9.17) is 19.9 Å². The Morgan fingerprint density at radius 2 is 1.73 bits per heavy atom. The average molecular weight is 297 g/mol. The van der Waals surface area contributed by atoms with Crippen molar-refractivity contribution < 1.29 is 19.0 Å². The molecule has 112 valence electrons. The number of ether oxygens (including phenoxy) is 3. The molecule has 1 aliphatic heterocycles. The number of hydrogen-bond donors (Lipinski definition) is 1. The number of rotatable bonds is 4. The molecule has 5 heteroatoms. The van der Waals surface area contributed by atoms with Crippen molar-refractivity contribution in [3.05, 3.63) is 66.6 Å². The van der Waals surface area contributed by atoms with Gasteiger partial charge in [-0.05, 0) is 31.2 Å². The predicted molar refractivity (Wildman–Crippen MR) is 80.5 cm³/mol. The van der Waals surface area contributed by atoms with Crippen LogP contribution in [-0.2, 0) is 10.4 Å². The molecule has 2 aromatic rings. The van der Waals surface area contributed by atoms with Gasteiger partial charge in [-0.2, -0.15) is 0 Å². The molecule has 1 amide bonds. The molecule has 0 fully saturated rings. The second kappa shape index (κ2) is 5.44. The van der Waals surface area contributed by atoms with Gasteiger partial charge in [0.05, 0.1) is 0 Å². The van der Waals surface area contributed by atoms with Crippen molar-refractivity contribution >= 4 is 5.91 Å². The molecule has 0 saturated carbocycles. The Labute approximate surface area is 127 Å². The summed E-state index contributed by atoms with van der Waals surface area (Å²) in [4.78, 5) is 12.0. The summed E-state index contributed by atoms with van der Waals surface area (Å²) in [5.41, 5.74) is 4.84. The van der Waals surface area contributed by atoms with Gasteiger partial charge in [-0.15, -0.1) is 0 Å². The fourth-order valence-corrected chi connectivity index (χ4v) is 2.17. The van der Waals surface area contributed by atoms with E-state index in [1.54, 1.807) is 37.3 Å². The number of amides is 1. The fourth-order valence-electron chi connectivity index (χ4n) is 2.17. The zero-order valence-corrected chi connectivity index (χ0v) is 12.0. The lowest BCUT2D eigenvalue weighted by atomic mass is 9.94. The van der Waals surface area contributed by atoms with E-state index in [2.05, 4.69) is 0 Å². The van der Waals surface area contributed by atoms with E-state index in [0.717, 1.165) is 0 Å². The van der Waals surface area contributed by atoms with Crippen LogP contribution in [0.4, 0.5) is 0 Å². The zero-order valence-electron chi connectivity index (χ0n) is 12.0. The first-order chi connectivity index (χ1) is 10.6. The molecule has 0 aromatic heterocycles. The second-order valence-electron chi connectivity index (χ2n) is 4.98. The van der Waals surface area contributed by atoms with Crippen LogP contribution in [0.3, 0.4) is 0 Å². The molecule has 1 atom stereocenters. The zero-order chi connectivity index (χ0) is 15.6. The van der Waals surface area contributed by atoms with Crippen LogP contribution < -0.4 is 19.9 Å². The predicted octanol–water partition coefficient (Wildman–Crippen LogP) is 2.71. The van der Waals surface area contributed by atoms with Crippen molar-refractivity contribution in [2.24, 2.45) is 5.73 Å². The maximum absolute atomic E-state index is 12.0. The monoisotopic (exact) mass is 297 g/mol. The first kappa shape index (κ1) is 14.0. The minimum absolute atomic E-state index is 0.504. The third kappa shape index (κ3) is 2.48. The highest BCUT2D eigenvalue weighted by molar-refractivity contribution is 5.85. The SMILES string of the molecule is CC(Oc1ccccc1)(C(N)=O)c1ccc2c(c1)OC=CO2. The van der Waals surface area contributed by atoms with Crippen LogP contribution in [0.5, 0.6) is 17.2 Å². The summed E-state index contributed by atoms with van der Waals surface area (Å²) in [5, 5.41) is 0. The quantitative estimate of drug-likeness (QED) is 0.942.